The topological polar surface area (TPSA) is 115 Å². The van der Waals surface area contributed by atoms with Crippen molar-refractivity contribution in [2.75, 3.05) is 11.4 Å². The average molecular weight is 351 g/mol. The predicted octanol–water partition coefficient (Wildman–Crippen LogP) is 1.04. The van der Waals surface area contributed by atoms with E-state index in [9.17, 15) is 9.59 Å². The molecule has 7 nitrogen and oxygen atoms in total. The van der Waals surface area contributed by atoms with Crippen LogP contribution in [0.5, 0.6) is 0 Å². The van der Waals surface area contributed by atoms with E-state index in [1.165, 1.54) is 5.56 Å². The lowest BCUT2D eigenvalue weighted by molar-refractivity contribution is -0.123. The molecular formula is C19H21N5O2. The van der Waals surface area contributed by atoms with Crippen LogP contribution in [0.1, 0.15) is 35.0 Å². The molecule has 0 spiro atoms. The van der Waals surface area contributed by atoms with Crippen molar-refractivity contribution in [3.8, 4) is 11.3 Å². The van der Waals surface area contributed by atoms with E-state index in [0.717, 1.165) is 36.2 Å². The molecule has 0 saturated carbocycles. The van der Waals surface area contributed by atoms with Gasteiger partial charge in [-0.3, -0.25) is 9.59 Å². The third-order valence-corrected chi connectivity index (χ3v) is 5.45. The fraction of sp³-hybridized carbons (Fsp3) is 0.368. The number of aryl methyl sites for hydroxylation is 1. The summed E-state index contributed by atoms with van der Waals surface area (Å²) in [7, 11) is 0. The minimum Gasteiger partial charge on any atom is -0.369 e. The molecule has 2 aromatic rings. The summed E-state index contributed by atoms with van der Waals surface area (Å²) in [4.78, 5) is 34.3. The Kier molecular flexibility index (Phi) is 3.86. The van der Waals surface area contributed by atoms with Crippen LogP contribution in [0.15, 0.2) is 24.3 Å². The van der Waals surface area contributed by atoms with Crippen molar-refractivity contribution >= 4 is 17.8 Å². The summed E-state index contributed by atoms with van der Waals surface area (Å²) in [5, 5.41) is 0. The number of nitrogens with two attached hydrogens (primary N) is 2. The third kappa shape index (κ3) is 2.60. The van der Waals surface area contributed by atoms with E-state index in [1.807, 2.05) is 24.0 Å². The molecule has 4 N–H and O–H groups in total. The van der Waals surface area contributed by atoms with Crippen LogP contribution in [0.3, 0.4) is 0 Å². The lowest BCUT2D eigenvalue weighted by Crippen LogP contribution is -2.60. The lowest BCUT2D eigenvalue weighted by Gasteiger charge is -2.44. The van der Waals surface area contributed by atoms with Crippen molar-refractivity contribution in [3.05, 3.63) is 41.1 Å². The monoisotopic (exact) mass is 351 g/mol. The second-order valence-electron chi connectivity index (χ2n) is 6.99. The highest BCUT2D eigenvalue weighted by atomic mass is 16.1. The van der Waals surface area contributed by atoms with Crippen molar-refractivity contribution in [2.45, 2.75) is 32.2 Å². The number of carbonyl (C=O) groups excluding carboxylic acids is 2. The summed E-state index contributed by atoms with van der Waals surface area (Å²) in [5.74, 6) is -0.246. The van der Waals surface area contributed by atoms with Gasteiger partial charge in [0.25, 0.3) is 0 Å². The number of fused-ring (bicyclic) bond motifs is 1. The van der Waals surface area contributed by atoms with E-state index in [0.29, 0.717) is 18.1 Å². The highest BCUT2D eigenvalue weighted by molar-refractivity contribution is 5.93. The first-order valence-corrected chi connectivity index (χ1v) is 8.81. The number of primary amides is 2. The Morgan fingerprint density at radius 1 is 1.12 bits per heavy atom. The quantitative estimate of drug-likeness (QED) is 0.854. The third-order valence-electron chi connectivity index (χ3n) is 5.45. The van der Waals surface area contributed by atoms with E-state index in [-0.39, 0.29) is 17.9 Å². The van der Waals surface area contributed by atoms with Crippen LogP contribution in [0.2, 0.25) is 0 Å². The minimum absolute atomic E-state index is 0.00274. The van der Waals surface area contributed by atoms with Gasteiger partial charge in [0.1, 0.15) is 0 Å². The maximum atomic E-state index is 11.4. The number of hydrogen-bond donors (Lipinski definition) is 2. The fourth-order valence-corrected chi connectivity index (χ4v) is 3.78. The molecule has 4 rings (SSSR count). The Morgan fingerprint density at radius 3 is 2.46 bits per heavy atom. The number of nitrogens with zero attached hydrogens (tertiary/aromatic N) is 3. The first-order chi connectivity index (χ1) is 12.5. The van der Waals surface area contributed by atoms with Gasteiger partial charge in [0.05, 0.1) is 11.6 Å². The molecule has 26 heavy (non-hydrogen) atoms. The van der Waals surface area contributed by atoms with Crippen molar-refractivity contribution < 1.29 is 9.59 Å². The Morgan fingerprint density at radius 2 is 1.85 bits per heavy atom. The maximum absolute atomic E-state index is 11.4. The zero-order valence-corrected chi connectivity index (χ0v) is 14.6. The van der Waals surface area contributed by atoms with Gasteiger partial charge in [0.15, 0.2) is 0 Å². The summed E-state index contributed by atoms with van der Waals surface area (Å²) in [6.07, 6.45) is 2.93. The molecule has 1 saturated heterocycles. The summed E-state index contributed by atoms with van der Waals surface area (Å²) in [6, 6.07) is 7.18. The average Bonchev–Trinajstić information content (AvgIpc) is 3.08. The molecular weight excluding hydrogens is 330 g/mol. The zero-order chi connectivity index (χ0) is 18.4. The molecule has 0 radical (unpaired) electrons. The Labute approximate surface area is 151 Å². The highest BCUT2D eigenvalue weighted by Crippen LogP contribution is 2.35. The van der Waals surface area contributed by atoms with Gasteiger partial charge in [-0.15, -0.1) is 0 Å². The molecule has 1 aliphatic carbocycles. The molecule has 0 bridgehead atoms. The molecule has 7 heteroatoms. The van der Waals surface area contributed by atoms with Crippen LogP contribution in [-0.4, -0.2) is 34.4 Å². The van der Waals surface area contributed by atoms with Crippen LogP contribution in [-0.2, 0) is 17.6 Å². The summed E-state index contributed by atoms with van der Waals surface area (Å²) < 4.78 is 0. The van der Waals surface area contributed by atoms with Gasteiger partial charge in [-0.05, 0) is 38.3 Å². The van der Waals surface area contributed by atoms with Crippen molar-refractivity contribution in [1.29, 1.82) is 0 Å². The molecule has 1 aliphatic heterocycles. The van der Waals surface area contributed by atoms with E-state index >= 15 is 0 Å². The normalized spacial score (nSPS) is 21.2. The van der Waals surface area contributed by atoms with Gasteiger partial charge in [-0.1, -0.05) is 12.1 Å². The number of aromatic nitrogens is 2. The maximum Gasteiger partial charge on any atom is 0.248 e. The second kappa shape index (κ2) is 6.09. The molecule has 1 aromatic carbocycles. The first kappa shape index (κ1) is 16.5. The van der Waals surface area contributed by atoms with Gasteiger partial charge in [-0.2, -0.15) is 0 Å². The minimum atomic E-state index is -0.447. The number of amides is 2. The molecule has 2 amide bonds. The Balaban J connectivity index is 1.72. The van der Waals surface area contributed by atoms with Crippen LogP contribution in [0.4, 0.5) is 5.95 Å². The van der Waals surface area contributed by atoms with Crippen molar-refractivity contribution in [1.82, 2.24) is 9.97 Å². The van der Waals surface area contributed by atoms with E-state index in [1.54, 1.807) is 12.1 Å². The molecule has 2 aliphatic rings. The number of hydrogen-bond acceptors (Lipinski definition) is 5. The standard InChI is InChI=1S/C19H21N5O2/c1-10-14(18(21)26)9-24(10)19-22-15-4-2-3-13(15)16(23-19)11-5-7-12(8-6-11)17(20)25/h5-8,10,14H,2-4,9H2,1H3,(H2,20,25)(H2,21,26). The molecule has 1 fully saturated rings. The summed E-state index contributed by atoms with van der Waals surface area (Å²) in [5.41, 5.74) is 15.3. The number of rotatable bonds is 4. The molecule has 2 unspecified atom stereocenters. The molecule has 2 heterocycles. The second-order valence-corrected chi connectivity index (χ2v) is 6.99. The SMILES string of the molecule is CC1C(C(N)=O)CN1c1nc2c(c(-c3ccc(C(N)=O)cc3)n1)CCC2. The van der Waals surface area contributed by atoms with Gasteiger partial charge in [0.2, 0.25) is 17.8 Å². The molecule has 2 atom stereocenters. The molecule has 1 aromatic heterocycles. The van der Waals surface area contributed by atoms with E-state index < -0.39 is 5.91 Å². The zero-order valence-electron chi connectivity index (χ0n) is 14.6. The Bertz CT molecular complexity index is 894. The number of carbonyl (C=O) groups is 2. The fourth-order valence-electron chi connectivity index (χ4n) is 3.78. The summed E-state index contributed by atoms with van der Waals surface area (Å²) in [6.45, 7) is 2.52. The van der Waals surface area contributed by atoms with Gasteiger partial charge in [0, 0.05) is 35.0 Å². The summed E-state index contributed by atoms with van der Waals surface area (Å²) >= 11 is 0. The van der Waals surface area contributed by atoms with Gasteiger partial charge < -0.3 is 16.4 Å². The smallest absolute Gasteiger partial charge is 0.248 e. The number of anilines is 1. The van der Waals surface area contributed by atoms with Gasteiger partial charge in [-0.25, -0.2) is 9.97 Å². The largest absolute Gasteiger partial charge is 0.369 e. The van der Waals surface area contributed by atoms with Crippen LogP contribution >= 0.6 is 0 Å². The van der Waals surface area contributed by atoms with E-state index in [2.05, 4.69) is 0 Å². The van der Waals surface area contributed by atoms with Gasteiger partial charge >= 0.3 is 0 Å². The van der Waals surface area contributed by atoms with Crippen LogP contribution < -0.4 is 16.4 Å². The predicted molar refractivity (Wildman–Crippen MR) is 97.5 cm³/mol. The van der Waals surface area contributed by atoms with Crippen LogP contribution in [0, 0.1) is 5.92 Å². The van der Waals surface area contributed by atoms with Crippen molar-refractivity contribution in [2.24, 2.45) is 17.4 Å². The number of benzene rings is 1. The van der Waals surface area contributed by atoms with Crippen LogP contribution in [0.25, 0.3) is 11.3 Å². The van der Waals surface area contributed by atoms with Crippen molar-refractivity contribution in [3.63, 3.8) is 0 Å². The molecule has 134 valence electrons. The Hall–Kier alpha value is -2.96. The van der Waals surface area contributed by atoms with E-state index in [4.69, 9.17) is 21.4 Å². The highest BCUT2D eigenvalue weighted by Gasteiger charge is 2.41. The lowest BCUT2D eigenvalue weighted by atomic mass is 9.90. The first-order valence-electron chi connectivity index (χ1n) is 8.81.